The molecule has 0 aliphatic carbocycles. The van der Waals surface area contributed by atoms with Gasteiger partial charge < -0.3 is 28.4 Å². The van der Waals surface area contributed by atoms with Crippen LogP contribution in [-0.2, 0) is 9.53 Å². The van der Waals surface area contributed by atoms with Crippen molar-refractivity contribution < 1.29 is 33.2 Å². The van der Waals surface area contributed by atoms with Gasteiger partial charge in [0.15, 0.2) is 17.2 Å². The summed E-state index contributed by atoms with van der Waals surface area (Å²) in [6.45, 7) is 0. The van der Waals surface area contributed by atoms with Crippen molar-refractivity contribution in [3.05, 3.63) is 47.2 Å². The second kappa shape index (κ2) is 8.55. The van der Waals surface area contributed by atoms with Gasteiger partial charge in [0.05, 0.1) is 35.5 Å². The van der Waals surface area contributed by atoms with E-state index in [9.17, 15) is 4.79 Å². The Morgan fingerprint density at radius 1 is 0.793 bits per heavy atom. The van der Waals surface area contributed by atoms with Crippen molar-refractivity contribution in [2.24, 2.45) is 4.99 Å². The minimum Gasteiger partial charge on any atom is -0.497 e. The van der Waals surface area contributed by atoms with Gasteiger partial charge in [-0.15, -0.1) is 0 Å². The molecule has 152 valence electrons. The van der Waals surface area contributed by atoms with Crippen LogP contribution in [0.15, 0.2) is 41.0 Å². The van der Waals surface area contributed by atoms with E-state index >= 15 is 0 Å². The molecule has 0 aromatic heterocycles. The molecule has 0 atom stereocenters. The van der Waals surface area contributed by atoms with Gasteiger partial charge in [-0.25, -0.2) is 9.79 Å². The fraction of sp³-hybridized carbons (Fsp3) is 0.238. The van der Waals surface area contributed by atoms with E-state index in [1.54, 1.807) is 50.6 Å². The van der Waals surface area contributed by atoms with Gasteiger partial charge >= 0.3 is 5.97 Å². The predicted octanol–water partition coefficient (Wildman–Crippen LogP) is 3.07. The number of hydrogen-bond acceptors (Lipinski definition) is 8. The fourth-order valence-electron chi connectivity index (χ4n) is 2.81. The number of hydrogen-bond donors (Lipinski definition) is 0. The van der Waals surface area contributed by atoms with Gasteiger partial charge in [-0.2, -0.15) is 0 Å². The standard InChI is InChI=1S/C21H21NO7/c1-24-14-6-12(7-15(11-14)25-2)8-16-21(23)29-20(22-16)13-9-17(26-3)19(28-5)18(10-13)27-4/h6-11H,1-5H3/b16-8-. The molecule has 0 bridgehead atoms. The first kappa shape index (κ1) is 20.1. The molecule has 1 aliphatic rings. The van der Waals surface area contributed by atoms with E-state index in [0.717, 1.165) is 0 Å². The largest absolute Gasteiger partial charge is 0.497 e. The molecule has 0 saturated carbocycles. The maximum atomic E-state index is 12.3. The number of carbonyl (C=O) groups is 1. The summed E-state index contributed by atoms with van der Waals surface area (Å²) in [5, 5.41) is 0. The Bertz CT molecular complexity index is 947. The van der Waals surface area contributed by atoms with E-state index in [1.165, 1.54) is 21.3 Å². The van der Waals surface area contributed by atoms with E-state index < -0.39 is 5.97 Å². The van der Waals surface area contributed by atoms with E-state index in [2.05, 4.69) is 4.99 Å². The summed E-state index contributed by atoms with van der Waals surface area (Å²) in [5.41, 5.74) is 1.34. The summed E-state index contributed by atoms with van der Waals surface area (Å²) in [4.78, 5) is 16.7. The third-order valence-corrected chi connectivity index (χ3v) is 4.21. The molecule has 8 nitrogen and oxygen atoms in total. The number of esters is 1. The van der Waals surface area contributed by atoms with Crippen molar-refractivity contribution in [2.45, 2.75) is 0 Å². The van der Waals surface area contributed by atoms with Gasteiger partial charge in [-0.05, 0) is 35.9 Å². The molecule has 29 heavy (non-hydrogen) atoms. The topological polar surface area (TPSA) is 84.8 Å². The lowest BCUT2D eigenvalue weighted by molar-refractivity contribution is -0.129. The van der Waals surface area contributed by atoms with Crippen LogP contribution < -0.4 is 23.7 Å². The first-order chi connectivity index (χ1) is 14.0. The molecule has 0 unspecified atom stereocenters. The van der Waals surface area contributed by atoms with Gasteiger partial charge in [0.25, 0.3) is 0 Å². The first-order valence-corrected chi connectivity index (χ1v) is 8.59. The van der Waals surface area contributed by atoms with Crippen molar-refractivity contribution >= 4 is 17.9 Å². The van der Waals surface area contributed by atoms with Crippen molar-refractivity contribution in [1.29, 1.82) is 0 Å². The Balaban J connectivity index is 2.02. The zero-order valence-electron chi connectivity index (χ0n) is 16.8. The summed E-state index contributed by atoms with van der Waals surface area (Å²) in [7, 11) is 7.62. The number of aliphatic imine (C=N–C) groups is 1. The van der Waals surface area contributed by atoms with Crippen molar-refractivity contribution in [3.63, 3.8) is 0 Å². The minimum absolute atomic E-state index is 0.135. The van der Waals surface area contributed by atoms with E-state index in [-0.39, 0.29) is 11.6 Å². The minimum atomic E-state index is -0.574. The lowest BCUT2D eigenvalue weighted by Crippen LogP contribution is -2.06. The highest BCUT2D eigenvalue weighted by Crippen LogP contribution is 2.39. The number of ether oxygens (including phenoxy) is 6. The molecule has 0 radical (unpaired) electrons. The monoisotopic (exact) mass is 399 g/mol. The lowest BCUT2D eigenvalue weighted by atomic mass is 10.1. The van der Waals surface area contributed by atoms with Crippen LogP contribution in [-0.4, -0.2) is 47.4 Å². The first-order valence-electron chi connectivity index (χ1n) is 8.59. The van der Waals surface area contributed by atoms with Crippen molar-refractivity contribution in [2.75, 3.05) is 35.5 Å². The molecule has 0 amide bonds. The SMILES string of the molecule is COc1cc(/C=C2\N=C(c3cc(OC)c(OC)c(OC)c3)OC2=O)cc(OC)c1. The molecule has 0 spiro atoms. The fourth-order valence-corrected chi connectivity index (χ4v) is 2.81. The number of benzene rings is 2. The molecule has 3 rings (SSSR count). The third-order valence-electron chi connectivity index (χ3n) is 4.21. The van der Waals surface area contributed by atoms with Gasteiger partial charge in [0.1, 0.15) is 11.5 Å². The normalized spacial score (nSPS) is 14.3. The Kier molecular flexibility index (Phi) is 5.92. The van der Waals surface area contributed by atoms with Crippen LogP contribution in [0.3, 0.4) is 0 Å². The molecule has 2 aromatic carbocycles. The summed E-state index contributed by atoms with van der Waals surface area (Å²) < 4.78 is 31.8. The van der Waals surface area contributed by atoms with Gasteiger partial charge in [-0.1, -0.05) is 0 Å². The molecule has 1 heterocycles. The molecular formula is C21H21NO7. The smallest absolute Gasteiger partial charge is 0.363 e. The van der Waals surface area contributed by atoms with Crippen LogP contribution in [0.4, 0.5) is 0 Å². The molecular weight excluding hydrogens is 378 g/mol. The number of methoxy groups -OCH3 is 5. The van der Waals surface area contributed by atoms with Crippen LogP contribution in [0.25, 0.3) is 6.08 Å². The maximum Gasteiger partial charge on any atom is 0.363 e. The van der Waals surface area contributed by atoms with Gasteiger partial charge in [0.2, 0.25) is 11.6 Å². The van der Waals surface area contributed by atoms with Gasteiger partial charge in [-0.3, -0.25) is 0 Å². The summed E-state index contributed by atoms with van der Waals surface area (Å²) in [5.74, 6) is 2.03. The Labute approximate surface area is 168 Å². The number of rotatable bonds is 7. The van der Waals surface area contributed by atoms with Crippen LogP contribution in [0.5, 0.6) is 28.7 Å². The van der Waals surface area contributed by atoms with Crippen LogP contribution in [0.1, 0.15) is 11.1 Å². The quantitative estimate of drug-likeness (QED) is 0.522. The molecule has 0 fully saturated rings. The van der Waals surface area contributed by atoms with E-state index in [0.29, 0.717) is 39.9 Å². The molecule has 8 heteroatoms. The van der Waals surface area contributed by atoms with Crippen LogP contribution in [0, 0.1) is 0 Å². The summed E-state index contributed by atoms with van der Waals surface area (Å²) in [6, 6.07) is 8.57. The Morgan fingerprint density at radius 2 is 1.38 bits per heavy atom. The lowest BCUT2D eigenvalue weighted by Gasteiger charge is -2.13. The summed E-state index contributed by atoms with van der Waals surface area (Å²) >= 11 is 0. The highest BCUT2D eigenvalue weighted by Gasteiger charge is 2.26. The van der Waals surface area contributed by atoms with Crippen LogP contribution in [0.2, 0.25) is 0 Å². The van der Waals surface area contributed by atoms with Crippen molar-refractivity contribution in [1.82, 2.24) is 0 Å². The molecule has 2 aromatic rings. The molecule has 0 N–H and O–H groups in total. The van der Waals surface area contributed by atoms with Gasteiger partial charge in [0, 0.05) is 11.6 Å². The number of carbonyl (C=O) groups excluding carboxylic acids is 1. The van der Waals surface area contributed by atoms with E-state index in [1.807, 2.05) is 0 Å². The average Bonchev–Trinajstić information content (AvgIpc) is 3.12. The zero-order chi connectivity index (χ0) is 21.0. The Hall–Kier alpha value is -3.68. The molecule has 1 aliphatic heterocycles. The highest BCUT2D eigenvalue weighted by atomic mass is 16.6. The van der Waals surface area contributed by atoms with Crippen LogP contribution >= 0.6 is 0 Å². The number of cyclic esters (lactones) is 1. The number of nitrogens with zero attached hydrogens (tertiary/aromatic N) is 1. The van der Waals surface area contributed by atoms with Crippen molar-refractivity contribution in [3.8, 4) is 28.7 Å². The maximum absolute atomic E-state index is 12.3. The average molecular weight is 399 g/mol. The Morgan fingerprint density at radius 3 is 1.86 bits per heavy atom. The molecule has 0 saturated heterocycles. The van der Waals surface area contributed by atoms with E-state index in [4.69, 9.17) is 28.4 Å². The second-order valence-corrected chi connectivity index (χ2v) is 5.90. The predicted molar refractivity (Wildman–Crippen MR) is 106 cm³/mol. The zero-order valence-corrected chi connectivity index (χ0v) is 16.8. The highest BCUT2D eigenvalue weighted by molar-refractivity contribution is 6.13. The third kappa shape index (κ3) is 4.11. The summed E-state index contributed by atoms with van der Waals surface area (Å²) in [6.07, 6.45) is 1.60. The second-order valence-electron chi connectivity index (χ2n) is 5.90.